The number of rotatable bonds is 7. The largest absolute Gasteiger partial charge is 0.493 e. The van der Waals surface area contributed by atoms with Crippen molar-refractivity contribution >= 4 is 33.4 Å². The highest BCUT2D eigenvalue weighted by Gasteiger charge is 2.29. The van der Waals surface area contributed by atoms with Gasteiger partial charge in [0.25, 0.3) is 5.91 Å². The predicted octanol–water partition coefficient (Wildman–Crippen LogP) is 3.33. The lowest BCUT2D eigenvalue weighted by Gasteiger charge is -2.13. The maximum Gasteiger partial charge on any atom is 0.280 e. The number of ether oxygens (including phenoxy) is 2. The maximum atomic E-state index is 13.1. The number of carbonyl (C=O) groups excluding carboxylic acids is 1. The smallest absolute Gasteiger partial charge is 0.280 e. The number of aromatic nitrogens is 1. The molecule has 4 rings (SSSR count). The number of carbonyl (C=O) groups is 1. The fourth-order valence-corrected chi connectivity index (χ4v) is 4.12. The van der Waals surface area contributed by atoms with E-state index in [1.807, 2.05) is 13.8 Å². The number of hydrogen-bond acceptors (Lipinski definition) is 8. The van der Waals surface area contributed by atoms with Crippen molar-refractivity contribution in [1.82, 2.24) is 5.16 Å². The average molecular weight is 497 g/mol. The molecule has 0 saturated heterocycles. The molecule has 3 aromatic rings. The van der Waals surface area contributed by atoms with Gasteiger partial charge in [-0.1, -0.05) is 17.3 Å². The van der Waals surface area contributed by atoms with Gasteiger partial charge in [-0.3, -0.25) is 4.79 Å². The highest BCUT2D eigenvalue weighted by molar-refractivity contribution is 7.89. The number of aryl methyl sites for hydroxylation is 2. The van der Waals surface area contributed by atoms with E-state index in [1.165, 1.54) is 25.3 Å². The molecule has 182 valence electrons. The molecule has 1 amide bonds. The summed E-state index contributed by atoms with van der Waals surface area (Å²) in [6.45, 7) is 5.64. The van der Waals surface area contributed by atoms with Gasteiger partial charge in [0.2, 0.25) is 10.0 Å². The molecule has 0 atom stereocenters. The van der Waals surface area contributed by atoms with Crippen LogP contribution in [-0.2, 0) is 21.4 Å². The van der Waals surface area contributed by atoms with Gasteiger partial charge in [-0.2, -0.15) is 10.1 Å². The molecule has 1 aromatic heterocycles. The third-order valence-electron chi connectivity index (χ3n) is 5.51. The van der Waals surface area contributed by atoms with E-state index < -0.39 is 15.9 Å². The Morgan fingerprint density at radius 3 is 2.54 bits per heavy atom. The lowest BCUT2D eigenvalue weighted by Crippen LogP contribution is -2.22. The Hall–Kier alpha value is -3.96. The van der Waals surface area contributed by atoms with Crippen LogP contribution in [0.1, 0.15) is 29.5 Å². The number of sulfonamides is 1. The van der Waals surface area contributed by atoms with Crippen molar-refractivity contribution in [2.45, 2.75) is 32.3 Å². The zero-order valence-electron chi connectivity index (χ0n) is 19.6. The van der Waals surface area contributed by atoms with Crippen LogP contribution in [0.5, 0.6) is 11.5 Å². The van der Waals surface area contributed by atoms with E-state index in [-0.39, 0.29) is 11.5 Å². The van der Waals surface area contributed by atoms with Gasteiger partial charge < -0.3 is 14.0 Å². The molecule has 2 N–H and O–H groups in total. The quantitative estimate of drug-likeness (QED) is 0.495. The summed E-state index contributed by atoms with van der Waals surface area (Å²) in [5.74, 6) is 1.31. The molecule has 0 radical (unpaired) electrons. The lowest BCUT2D eigenvalue weighted by molar-refractivity contribution is -0.114. The fourth-order valence-electron chi connectivity index (χ4n) is 3.57. The van der Waals surface area contributed by atoms with Crippen molar-refractivity contribution in [3.63, 3.8) is 0 Å². The van der Waals surface area contributed by atoms with Crippen LogP contribution in [-0.4, -0.2) is 32.3 Å². The minimum atomic E-state index is -3.92. The Kier molecular flexibility index (Phi) is 6.46. The van der Waals surface area contributed by atoms with Crippen molar-refractivity contribution in [2.75, 3.05) is 12.1 Å². The summed E-state index contributed by atoms with van der Waals surface area (Å²) >= 11 is 0. The van der Waals surface area contributed by atoms with E-state index in [0.717, 1.165) is 16.3 Å². The summed E-state index contributed by atoms with van der Waals surface area (Å²) < 4.78 is 39.9. The zero-order chi connectivity index (χ0) is 25.3. The Morgan fingerprint density at radius 2 is 1.89 bits per heavy atom. The van der Waals surface area contributed by atoms with E-state index in [2.05, 4.69) is 10.3 Å². The lowest BCUT2D eigenvalue weighted by atomic mass is 10.1. The zero-order valence-corrected chi connectivity index (χ0v) is 20.4. The fraction of sp³-hybridized carbons (Fsp3) is 0.208. The van der Waals surface area contributed by atoms with Crippen LogP contribution >= 0.6 is 0 Å². The van der Waals surface area contributed by atoms with Crippen molar-refractivity contribution < 1.29 is 27.2 Å². The van der Waals surface area contributed by atoms with Gasteiger partial charge in [0.05, 0.1) is 40.2 Å². The van der Waals surface area contributed by atoms with Crippen LogP contribution in [0.3, 0.4) is 0 Å². The summed E-state index contributed by atoms with van der Waals surface area (Å²) in [5.41, 5.74) is 3.46. The first-order valence-electron chi connectivity index (χ1n) is 10.6. The maximum absolute atomic E-state index is 13.1. The molecule has 1 aliphatic rings. The van der Waals surface area contributed by atoms with Crippen LogP contribution in [0, 0.1) is 13.8 Å². The molecule has 35 heavy (non-hydrogen) atoms. The van der Waals surface area contributed by atoms with E-state index in [9.17, 15) is 13.2 Å². The van der Waals surface area contributed by atoms with Crippen LogP contribution in [0.15, 0.2) is 62.6 Å². The molecule has 0 aliphatic carbocycles. The van der Waals surface area contributed by atoms with Crippen molar-refractivity contribution in [1.29, 1.82) is 0 Å². The molecular weight excluding hydrogens is 472 g/mol. The number of primary sulfonamides is 1. The summed E-state index contributed by atoms with van der Waals surface area (Å²) in [4.78, 5) is 13.0. The van der Waals surface area contributed by atoms with Gasteiger partial charge >= 0.3 is 0 Å². The Bertz CT molecular complexity index is 1450. The number of hydrazone groups is 1. The van der Waals surface area contributed by atoms with Gasteiger partial charge in [-0.25, -0.2) is 13.6 Å². The summed E-state index contributed by atoms with van der Waals surface area (Å²) in [5, 5.41) is 14.6. The molecule has 1 aliphatic heterocycles. The monoisotopic (exact) mass is 496 g/mol. The third-order valence-corrected chi connectivity index (χ3v) is 6.42. The normalized spacial score (nSPS) is 15.0. The molecule has 10 nitrogen and oxygen atoms in total. The van der Waals surface area contributed by atoms with Crippen molar-refractivity contribution in [3.05, 3.63) is 70.6 Å². The number of methoxy groups -OCH3 is 1. The molecule has 0 bridgehead atoms. The second-order valence-corrected chi connectivity index (χ2v) is 9.47. The van der Waals surface area contributed by atoms with E-state index in [0.29, 0.717) is 39.8 Å². The minimum absolute atomic E-state index is 0.106. The summed E-state index contributed by atoms with van der Waals surface area (Å²) in [7, 11) is -2.39. The first kappa shape index (κ1) is 24.2. The molecule has 0 spiro atoms. The molecular formula is C24H24N4O6S. The molecule has 0 unspecified atom stereocenters. The number of benzene rings is 2. The Labute approximate surface area is 202 Å². The van der Waals surface area contributed by atoms with Crippen LogP contribution in [0.2, 0.25) is 0 Å². The standard InChI is InChI=1S/C24H24N4O6S/c1-14-20(24(29)28(26-14)18-6-5-7-19(12-18)35(25,30)31)10-17-8-9-22(23(11-17)32-4)33-13-21-15(2)27-34-16(21)3/h5-12H,13H2,1-4H3,(H2,25,30,31)/b20-10-. The van der Waals surface area contributed by atoms with Gasteiger partial charge in [0, 0.05) is 0 Å². The molecule has 2 aromatic carbocycles. The first-order chi connectivity index (χ1) is 16.6. The Morgan fingerprint density at radius 1 is 1.11 bits per heavy atom. The van der Waals surface area contributed by atoms with E-state index >= 15 is 0 Å². The molecule has 11 heteroatoms. The van der Waals surface area contributed by atoms with Gasteiger partial charge in [0.1, 0.15) is 12.4 Å². The predicted molar refractivity (Wildman–Crippen MR) is 130 cm³/mol. The average Bonchev–Trinajstić information content (AvgIpc) is 3.30. The highest BCUT2D eigenvalue weighted by Crippen LogP contribution is 2.32. The number of nitrogens with zero attached hydrogens (tertiary/aromatic N) is 3. The number of hydrogen-bond donors (Lipinski definition) is 1. The molecule has 2 heterocycles. The van der Waals surface area contributed by atoms with Crippen molar-refractivity contribution in [3.8, 4) is 11.5 Å². The van der Waals surface area contributed by atoms with Crippen molar-refractivity contribution in [2.24, 2.45) is 10.2 Å². The minimum Gasteiger partial charge on any atom is -0.493 e. The van der Waals surface area contributed by atoms with E-state index in [1.54, 1.807) is 37.3 Å². The van der Waals surface area contributed by atoms with Crippen LogP contribution in [0.25, 0.3) is 6.08 Å². The van der Waals surface area contributed by atoms with Gasteiger partial charge in [0.15, 0.2) is 11.5 Å². The van der Waals surface area contributed by atoms with E-state index in [4.69, 9.17) is 19.1 Å². The van der Waals surface area contributed by atoms with Gasteiger partial charge in [-0.05, 0) is 62.7 Å². The summed E-state index contributed by atoms with van der Waals surface area (Å²) in [6.07, 6.45) is 1.69. The molecule has 0 fully saturated rings. The third kappa shape index (κ3) is 4.96. The first-order valence-corrected chi connectivity index (χ1v) is 12.1. The van der Waals surface area contributed by atoms with Crippen LogP contribution < -0.4 is 19.6 Å². The number of nitrogens with two attached hydrogens (primary N) is 1. The number of anilines is 1. The van der Waals surface area contributed by atoms with Crippen LogP contribution in [0.4, 0.5) is 5.69 Å². The SMILES string of the molecule is COc1cc(/C=C2\C(=O)N(c3cccc(S(N)(=O)=O)c3)N=C2C)ccc1OCc1c(C)noc1C. The Balaban J connectivity index is 1.58. The second kappa shape index (κ2) is 9.35. The van der Waals surface area contributed by atoms with Gasteiger partial charge in [-0.15, -0.1) is 0 Å². The molecule has 0 saturated carbocycles. The highest BCUT2D eigenvalue weighted by atomic mass is 32.2. The summed E-state index contributed by atoms with van der Waals surface area (Å²) in [6, 6.07) is 11.0. The topological polar surface area (TPSA) is 137 Å². The number of amides is 1. The second-order valence-electron chi connectivity index (χ2n) is 7.90.